The van der Waals surface area contributed by atoms with Crippen molar-refractivity contribution in [2.24, 2.45) is 5.92 Å². The fourth-order valence-corrected chi connectivity index (χ4v) is 4.25. The Morgan fingerprint density at radius 2 is 1.86 bits per heavy atom. The van der Waals surface area contributed by atoms with Gasteiger partial charge in [-0.1, -0.05) is 13.0 Å². The van der Waals surface area contributed by atoms with Crippen molar-refractivity contribution >= 4 is 23.3 Å². The van der Waals surface area contributed by atoms with Crippen LogP contribution in [0.15, 0.2) is 18.3 Å². The van der Waals surface area contributed by atoms with E-state index in [1.54, 1.807) is 13.1 Å². The number of nitrogens with one attached hydrogen (secondary N) is 2. The van der Waals surface area contributed by atoms with Crippen LogP contribution < -0.4 is 10.6 Å². The van der Waals surface area contributed by atoms with E-state index >= 15 is 0 Å². The summed E-state index contributed by atoms with van der Waals surface area (Å²) in [6, 6.07) is 2.51. The topological polar surface area (TPSA) is 86.8 Å². The van der Waals surface area contributed by atoms with Gasteiger partial charge in [-0.2, -0.15) is 0 Å². The average Bonchev–Trinajstić information content (AvgIpc) is 2.84. The predicted octanol–water partition coefficient (Wildman–Crippen LogP) is 2.63. The van der Waals surface area contributed by atoms with E-state index in [1.807, 2.05) is 13.0 Å². The Morgan fingerprint density at radius 1 is 1.14 bits per heavy atom. The van der Waals surface area contributed by atoms with Crippen molar-refractivity contribution in [3.8, 4) is 0 Å². The first-order chi connectivity index (χ1) is 17.3. The lowest BCUT2D eigenvalue weighted by Crippen LogP contribution is -2.56. The minimum atomic E-state index is -1.68. The van der Waals surface area contributed by atoms with Gasteiger partial charge in [0.25, 0.3) is 5.91 Å². The maximum atomic E-state index is 14.8. The third kappa shape index (κ3) is 5.62. The van der Waals surface area contributed by atoms with Gasteiger partial charge in [-0.25, -0.2) is 18.2 Å². The molecule has 194 valence electrons. The van der Waals surface area contributed by atoms with Crippen LogP contribution in [0.5, 0.6) is 0 Å². The predicted molar refractivity (Wildman–Crippen MR) is 128 cm³/mol. The van der Waals surface area contributed by atoms with E-state index in [1.165, 1.54) is 4.90 Å². The molecule has 2 aliphatic rings. The van der Waals surface area contributed by atoms with E-state index < -0.39 is 35.0 Å². The van der Waals surface area contributed by atoms with E-state index in [9.17, 15) is 22.8 Å². The van der Waals surface area contributed by atoms with Crippen LogP contribution in [0.25, 0.3) is 0 Å². The van der Waals surface area contributed by atoms with Gasteiger partial charge in [0.1, 0.15) is 5.82 Å². The number of carbonyl (C=O) groups excluding carboxylic acids is 2. The highest BCUT2D eigenvalue weighted by Crippen LogP contribution is 2.31. The molecule has 0 radical (unpaired) electrons. The van der Waals surface area contributed by atoms with Gasteiger partial charge in [-0.3, -0.25) is 14.5 Å². The third-order valence-corrected chi connectivity index (χ3v) is 6.55. The molecule has 36 heavy (non-hydrogen) atoms. The summed E-state index contributed by atoms with van der Waals surface area (Å²) in [5.41, 5.74) is 0.764. The number of carbonyl (C=O) groups is 2. The molecule has 2 aromatic rings. The van der Waals surface area contributed by atoms with Gasteiger partial charge >= 0.3 is 0 Å². The van der Waals surface area contributed by atoms with E-state index in [-0.39, 0.29) is 30.4 Å². The number of aryl methyl sites for hydroxylation is 2. The average molecular weight is 506 g/mol. The van der Waals surface area contributed by atoms with Gasteiger partial charge < -0.3 is 20.3 Å². The molecule has 11 heteroatoms. The lowest BCUT2D eigenvalue weighted by Gasteiger charge is -2.38. The SMILES string of the molecule is CCc1cnc(Nc2c(C(=O)N3CC(C(=O)NCCN4CCOCC4)C3)cc(F)c(F)c2F)c(C)c1. The van der Waals surface area contributed by atoms with E-state index in [0.717, 1.165) is 25.1 Å². The Kier molecular flexibility index (Phi) is 8.10. The van der Waals surface area contributed by atoms with Crippen molar-refractivity contribution in [3.05, 3.63) is 52.5 Å². The Balaban J connectivity index is 1.41. The smallest absolute Gasteiger partial charge is 0.256 e. The molecule has 2 aliphatic heterocycles. The van der Waals surface area contributed by atoms with Crippen LogP contribution in [-0.4, -0.2) is 79.1 Å². The van der Waals surface area contributed by atoms with Crippen LogP contribution >= 0.6 is 0 Å². The standard InChI is InChI=1S/C25H30F3N5O3/c1-3-16-10-15(2)23(30-12-16)31-22-18(11-19(26)20(27)21(22)28)25(35)33-13-17(14-33)24(34)29-4-5-32-6-8-36-9-7-32/h10-12,17H,3-9,13-14H2,1-2H3,(H,29,34)(H,30,31). The monoisotopic (exact) mass is 505 g/mol. The number of morpholine rings is 1. The number of hydrogen-bond donors (Lipinski definition) is 2. The molecule has 0 saturated carbocycles. The molecule has 2 amide bonds. The number of anilines is 2. The summed E-state index contributed by atoms with van der Waals surface area (Å²) < 4.78 is 48.2. The highest BCUT2D eigenvalue weighted by atomic mass is 19.2. The Hall–Kier alpha value is -3.18. The molecule has 0 aliphatic carbocycles. The molecular weight excluding hydrogens is 475 g/mol. The number of rotatable bonds is 8. The molecular formula is C25H30F3N5O3. The number of nitrogens with zero attached hydrogens (tertiary/aromatic N) is 3. The van der Waals surface area contributed by atoms with Crippen molar-refractivity contribution in [1.29, 1.82) is 0 Å². The number of amides is 2. The molecule has 2 N–H and O–H groups in total. The molecule has 0 bridgehead atoms. The van der Waals surface area contributed by atoms with Crippen molar-refractivity contribution in [3.63, 3.8) is 0 Å². The normalized spacial score (nSPS) is 16.5. The second-order valence-corrected chi connectivity index (χ2v) is 9.05. The molecule has 0 spiro atoms. The number of hydrogen-bond acceptors (Lipinski definition) is 6. The number of halogens is 3. The zero-order valence-electron chi connectivity index (χ0n) is 20.4. The van der Waals surface area contributed by atoms with Crippen molar-refractivity contribution in [2.75, 3.05) is 57.8 Å². The molecule has 1 aromatic heterocycles. The van der Waals surface area contributed by atoms with Crippen molar-refractivity contribution in [1.82, 2.24) is 20.1 Å². The van der Waals surface area contributed by atoms with E-state index in [2.05, 4.69) is 20.5 Å². The summed E-state index contributed by atoms with van der Waals surface area (Å²) in [5.74, 6) is -5.73. The molecule has 4 rings (SSSR count). The summed E-state index contributed by atoms with van der Waals surface area (Å²) >= 11 is 0. The van der Waals surface area contributed by atoms with E-state index in [0.29, 0.717) is 37.9 Å². The van der Waals surface area contributed by atoms with Crippen LogP contribution in [0.3, 0.4) is 0 Å². The van der Waals surface area contributed by atoms with Crippen LogP contribution in [0.1, 0.15) is 28.4 Å². The number of pyridine rings is 1. The van der Waals surface area contributed by atoms with Crippen LogP contribution in [0, 0.1) is 30.3 Å². The van der Waals surface area contributed by atoms with Crippen molar-refractivity contribution < 1.29 is 27.5 Å². The van der Waals surface area contributed by atoms with Crippen LogP contribution in [0.4, 0.5) is 24.7 Å². The number of benzene rings is 1. The Bertz CT molecular complexity index is 1130. The summed E-state index contributed by atoms with van der Waals surface area (Å²) in [6.07, 6.45) is 2.33. The van der Waals surface area contributed by atoms with Gasteiger partial charge in [-0.05, 0) is 30.5 Å². The molecule has 2 fully saturated rings. The number of likely N-dealkylation sites (tertiary alicyclic amines) is 1. The fraction of sp³-hybridized carbons (Fsp3) is 0.480. The van der Waals surface area contributed by atoms with Gasteiger partial charge in [0, 0.05) is 45.5 Å². The summed E-state index contributed by atoms with van der Waals surface area (Å²) in [6.45, 7) is 8.08. The maximum Gasteiger partial charge on any atom is 0.256 e. The number of aromatic nitrogens is 1. The molecule has 8 nitrogen and oxygen atoms in total. The third-order valence-electron chi connectivity index (χ3n) is 6.55. The zero-order chi connectivity index (χ0) is 25.8. The quantitative estimate of drug-likeness (QED) is 0.537. The van der Waals surface area contributed by atoms with E-state index in [4.69, 9.17) is 4.74 Å². The minimum absolute atomic E-state index is 0.102. The second kappa shape index (κ2) is 11.3. The Morgan fingerprint density at radius 3 is 2.53 bits per heavy atom. The lowest BCUT2D eigenvalue weighted by atomic mass is 9.97. The Labute approximate surface area is 207 Å². The molecule has 0 unspecified atom stereocenters. The molecule has 2 saturated heterocycles. The first-order valence-corrected chi connectivity index (χ1v) is 12.1. The number of ether oxygens (including phenoxy) is 1. The van der Waals surface area contributed by atoms with Gasteiger partial charge in [0.05, 0.1) is 30.4 Å². The largest absolute Gasteiger partial charge is 0.379 e. The summed E-state index contributed by atoms with van der Waals surface area (Å²) in [4.78, 5) is 33.3. The van der Waals surface area contributed by atoms with Gasteiger partial charge in [-0.15, -0.1) is 0 Å². The fourth-order valence-electron chi connectivity index (χ4n) is 4.25. The highest BCUT2D eigenvalue weighted by molar-refractivity contribution is 6.01. The molecule has 3 heterocycles. The van der Waals surface area contributed by atoms with Crippen molar-refractivity contribution in [2.45, 2.75) is 20.3 Å². The zero-order valence-corrected chi connectivity index (χ0v) is 20.4. The summed E-state index contributed by atoms with van der Waals surface area (Å²) in [5, 5.41) is 5.54. The van der Waals surface area contributed by atoms with Crippen LogP contribution in [-0.2, 0) is 16.0 Å². The van der Waals surface area contributed by atoms with Crippen LogP contribution in [0.2, 0.25) is 0 Å². The first-order valence-electron chi connectivity index (χ1n) is 12.1. The summed E-state index contributed by atoms with van der Waals surface area (Å²) in [7, 11) is 0. The molecule has 0 atom stereocenters. The van der Waals surface area contributed by atoms with Gasteiger partial charge in [0.15, 0.2) is 17.5 Å². The van der Waals surface area contributed by atoms with Gasteiger partial charge in [0.2, 0.25) is 5.91 Å². The minimum Gasteiger partial charge on any atom is -0.379 e. The maximum absolute atomic E-state index is 14.8. The second-order valence-electron chi connectivity index (χ2n) is 9.05. The first kappa shape index (κ1) is 25.9. The lowest BCUT2D eigenvalue weighted by molar-refractivity contribution is -0.129. The molecule has 1 aromatic carbocycles. The highest BCUT2D eigenvalue weighted by Gasteiger charge is 2.38.